The van der Waals surface area contributed by atoms with Gasteiger partial charge in [-0.05, 0) is 36.4 Å². The zero-order valence-electron chi connectivity index (χ0n) is 13.6. The standard InChI is InChI=1S/C20H14N2O3S/c23-20(18-12-14-6-4-5-9-17(14)25-18)22-21-13-15-10-11-19(24-15)26-16-7-2-1-3-8-16/h1-13H,(H,22,23)/b21-13+. The fourth-order valence-electron chi connectivity index (χ4n) is 2.37. The van der Waals surface area contributed by atoms with Crippen LogP contribution in [0.15, 0.2) is 96.7 Å². The van der Waals surface area contributed by atoms with Crippen LogP contribution in [0.5, 0.6) is 0 Å². The second kappa shape index (κ2) is 7.33. The van der Waals surface area contributed by atoms with Crippen LogP contribution in [0, 0.1) is 0 Å². The molecule has 0 fully saturated rings. The van der Waals surface area contributed by atoms with E-state index in [4.69, 9.17) is 8.83 Å². The molecule has 4 rings (SSSR count). The van der Waals surface area contributed by atoms with E-state index in [2.05, 4.69) is 10.5 Å². The van der Waals surface area contributed by atoms with Gasteiger partial charge in [0.05, 0.1) is 6.21 Å². The quantitative estimate of drug-likeness (QED) is 0.403. The first kappa shape index (κ1) is 16.2. The first-order chi connectivity index (χ1) is 12.8. The Morgan fingerprint density at radius 3 is 2.62 bits per heavy atom. The first-order valence-corrected chi connectivity index (χ1v) is 8.74. The van der Waals surface area contributed by atoms with Gasteiger partial charge in [-0.3, -0.25) is 4.79 Å². The van der Waals surface area contributed by atoms with Crippen molar-refractivity contribution in [3.05, 3.63) is 84.3 Å². The van der Waals surface area contributed by atoms with E-state index in [9.17, 15) is 4.79 Å². The number of nitrogens with one attached hydrogen (secondary N) is 1. The molecular weight excluding hydrogens is 348 g/mol. The third-order valence-corrected chi connectivity index (χ3v) is 4.50. The lowest BCUT2D eigenvalue weighted by Crippen LogP contribution is -2.16. The fourth-order valence-corrected chi connectivity index (χ4v) is 3.17. The molecule has 2 heterocycles. The summed E-state index contributed by atoms with van der Waals surface area (Å²) in [5.41, 5.74) is 3.10. The molecule has 2 aromatic carbocycles. The molecule has 26 heavy (non-hydrogen) atoms. The van der Waals surface area contributed by atoms with Crippen molar-refractivity contribution in [2.45, 2.75) is 9.99 Å². The Labute approximate surface area is 153 Å². The van der Waals surface area contributed by atoms with Crippen molar-refractivity contribution in [2.75, 3.05) is 0 Å². The fraction of sp³-hybridized carbons (Fsp3) is 0. The van der Waals surface area contributed by atoms with E-state index in [-0.39, 0.29) is 5.76 Å². The summed E-state index contributed by atoms with van der Waals surface area (Å²) in [4.78, 5) is 13.2. The monoisotopic (exact) mass is 362 g/mol. The Morgan fingerprint density at radius 1 is 0.962 bits per heavy atom. The minimum atomic E-state index is -0.414. The van der Waals surface area contributed by atoms with Gasteiger partial charge in [-0.25, -0.2) is 5.43 Å². The Bertz CT molecular complexity index is 1030. The van der Waals surface area contributed by atoms with Crippen molar-refractivity contribution in [3.63, 3.8) is 0 Å². The summed E-state index contributed by atoms with van der Waals surface area (Å²) in [6.45, 7) is 0. The average Bonchev–Trinajstić information content (AvgIpc) is 3.29. The molecule has 4 aromatic rings. The number of furan rings is 2. The van der Waals surface area contributed by atoms with Crippen molar-refractivity contribution < 1.29 is 13.6 Å². The number of hydrogen-bond acceptors (Lipinski definition) is 5. The molecule has 0 atom stereocenters. The predicted octanol–water partition coefficient (Wildman–Crippen LogP) is 4.94. The summed E-state index contributed by atoms with van der Waals surface area (Å²) < 4.78 is 11.2. The van der Waals surface area contributed by atoms with E-state index < -0.39 is 5.91 Å². The van der Waals surface area contributed by atoms with E-state index in [1.165, 1.54) is 18.0 Å². The van der Waals surface area contributed by atoms with Gasteiger partial charge < -0.3 is 8.83 Å². The zero-order chi connectivity index (χ0) is 17.8. The van der Waals surface area contributed by atoms with Gasteiger partial charge in [-0.15, -0.1) is 0 Å². The van der Waals surface area contributed by atoms with Crippen LogP contribution in [0.25, 0.3) is 11.0 Å². The lowest BCUT2D eigenvalue weighted by Gasteiger charge is -1.96. The lowest BCUT2D eigenvalue weighted by molar-refractivity contribution is 0.0929. The largest absolute Gasteiger partial charge is 0.451 e. The normalized spacial score (nSPS) is 11.2. The van der Waals surface area contributed by atoms with Gasteiger partial charge >= 0.3 is 5.91 Å². The van der Waals surface area contributed by atoms with Crippen molar-refractivity contribution in [2.24, 2.45) is 5.10 Å². The van der Waals surface area contributed by atoms with E-state index in [0.29, 0.717) is 11.3 Å². The van der Waals surface area contributed by atoms with Gasteiger partial charge in [0.25, 0.3) is 0 Å². The topological polar surface area (TPSA) is 67.7 Å². The molecule has 0 bridgehead atoms. The molecule has 0 spiro atoms. The second-order valence-corrected chi connectivity index (χ2v) is 6.50. The number of fused-ring (bicyclic) bond motifs is 1. The van der Waals surface area contributed by atoms with Gasteiger partial charge in [0.1, 0.15) is 11.3 Å². The maximum absolute atomic E-state index is 12.1. The van der Waals surface area contributed by atoms with Crippen LogP contribution in [0.4, 0.5) is 0 Å². The highest BCUT2D eigenvalue weighted by Crippen LogP contribution is 2.28. The SMILES string of the molecule is O=C(N/N=C/c1ccc(Sc2ccccc2)o1)c1cc2ccccc2o1. The highest BCUT2D eigenvalue weighted by atomic mass is 32.2. The number of carbonyl (C=O) groups is 1. The molecule has 0 saturated heterocycles. The molecule has 0 aliphatic heterocycles. The molecule has 2 aromatic heterocycles. The Kier molecular flexibility index (Phi) is 4.57. The van der Waals surface area contributed by atoms with Crippen molar-refractivity contribution in [1.82, 2.24) is 5.43 Å². The Morgan fingerprint density at radius 2 is 1.77 bits per heavy atom. The van der Waals surface area contributed by atoms with E-state index in [1.54, 1.807) is 12.1 Å². The molecule has 128 valence electrons. The van der Waals surface area contributed by atoms with Crippen LogP contribution in [-0.2, 0) is 0 Å². The molecule has 1 N–H and O–H groups in total. The predicted molar refractivity (Wildman–Crippen MR) is 101 cm³/mol. The van der Waals surface area contributed by atoms with Crippen molar-refractivity contribution >= 4 is 34.9 Å². The number of hydrogen-bond donors (Lipinski definition) is 1. The number of rotatable bonds is 5. The number of nitrogens with zero attached hydrogens (tertiary/aromatic N) is 1. The smallest absolute Gasteiger partial charge is 0.307 e. The van der Waals surface area contributed by atoms with E-state index in [0.717, 1.165) is 15.4 Å². The lowest BCUT2D eigenvalue weighted by atomic mass is 10.2. The molecule has 0 aliphatic carbocycles. The minimum absolute atomic E-state index is 0.211. The van der Waals surface area contributed by atoms with Crippen LogP contribution in [0.2, 0.25) is 0 Å². The number of carbonyl (C=O) groups excluding carboxylic acids is 1. The minimum Gasteiger partial charge on any atom is -0.451 e. The molecule has 1 amide bonds. The molecular formula is C20H14N2O3S. The average molecular weight is 362 g/mol. The van der Waals surface area contributed by atoms with E-state index in [1.807, 2.05) is 60.7 Å². The van der Waals surface area contributed by atoms with Crippen molar-refractivity contribution in [3.8, 4) is 0 Å². The Hall–Kier alpha value is -3.25. The summed E-state index contributed by atoms with van der Waals surface area (Å²) in [6.07, 6.45) is 1.45. The van der Waals surface area contributed by atoms with Crippen LogP contribution in [0.1, 0.15) is 16.3 Å². The third-order valence-electron chi connectivity index (χ3n) is 3.57. The molecule has 0 saturated carbocycles. The summed E-state index contributed by atoms with van der Waals surface area (Å²) in [5, 5.41) is 5.54. The van der Waals surface area contributed by atoms with Gasteiger partial charge in [-0.2, -0.15) is 5.10 Å². The maximum Gasteiger partial charge on any atom is 0.307 e. The van der Waals surface area contributed by atoms with Crippen molar-refractivity contribution in [1.29, 1.82) is 0 Å². The number of amides is 1. The van der Waals surface area contributed by atoms with Gasteiger partial charge in [0.15, 0.2) is 10.9 Å². The number of hydrazone groups is 1. The van der Waals surface area contributed by atoms with Crippen LogP contribution in [0.3, 0.4) is 0 Å². The number of para-hydroxylation sites is 1. The second-order valence-electron chi connectivity index (χ2n) is 5.42. The summed E-state index contributed by atoms with van der Waals surface area (Å²) in [5.74, 6) is 0.347. The van der Waals surface area contributed by atoms with E-state index >= 15 is 0 Å². The number of benzene rings is 2. The van der Waals surface area contributed by atoms with Crippen LogP contribution < -0.4 is 5.43 Å². The zero-order valence-corrected chi connectivity index (χ0v) is 14.4. The van der Waals surface area contributed by atoms with Gasteiger partial charge in [-0.1, -0.05) is 48.2 Å². The summed E-state index contributed by atoms with van der Waals surface area (Å²) in [6, 6.07) is 22.7. The first-order valence-electron chi connectivity index (χ1n) is 7.93. The van der Waals surface area contributed by atoms with Crippen LogP contribution >= 0.6 is 11.8 Å². The molecule has 0 aliphatic rings. The highest BCUT2D eigenvalue weighted by molar-refractivity contribution is 7.99. The van der Waals surface area contributed by atoms with Crippen LogP contribution in [-0.4, -0.2) is 12.1 Å². The summed E-state index contributed by atoms with van der Waals surface area (Å²) in [7, 11) is 0. The summed E-state index contributed by atoms with van der Waals surface area (Å²) >= 11 is 1.52. The third kappa shape index (κ3) is 3.70. The molecule has 6 heteroatoms. The highest BCUT2D eigenvalue weighted by Gasteiger charge is 2.11. The molecule has 0 unspecified atom stereocenters. The van der Waals surface area contributed by atoms with Gasteiger partial charge in [0.2, 0.25) is 0 Å². The molecule has 5 nitrogen and oxygen atoms in total. The van der Waals surface area contributed by atoms with Gasteiger partial charge in [0, 0.05) is 10.3 Å². The Balaban J connectivity index is 1.38. The maximum atomic E-state index is 12.1. The molecule has 0 radical (unpaired) electrons.